The monoisotopic (exact) mass is 405 g/mol. The van der Waals surface area contributed by atoms with Crippen molar-refractivity contribution in [3.8, 4) is 0 Å². The van der Waals surface area contributed by atoms with Gasteiger partial charge in [-0.1, -0.05) is 0 Å². The molecule has 0 aromatic heterocycles. The van der Waals surface area contributed by atoms with Crippen molar-refractivity contribution < 1.29 is 76.5 Å². The van der Waals surface area contributed by atoms with Gasteiger partial charge in [-0.3, -0.25) is 0 Å². The van der Waals surface area contributed by atoms with Gasteiger partial charge in [-0.05, 0) is 0 Å². The van der Waals surface area contributed by atoms with Crippen molar-refractivity contribution >= 4 is 35.8 Å². The fourth-order valence-corrected chi connectivity index (χ4v) is 2.03. The molecule has 0 saturated carbocycles. The Labute approximate surface area is 146 Å². The molecule has 13 heteroatoms. The van der Waals surface area contributed by atoms with Crippen molar-refractivity contribution in [3.63, 3.8) is 0 Å². The summed E-state index contributed by atoms with van der Waals surface area (Å²) in [6.45, 7) is 0. The van der Waals surface area contributed by atoms with Crippen LogP contribution in [0.1, 0.15) is 62.1 Å². The van der Waals surface area contributed by atoms with Crippen LogP contribution in [0.25, 0.3) is 0 Å². The molecule has 1 aromatic rings. The number of carbonyl (C=O) groups is 6. The first-order valence-corrected chi connectivity index (χ1v) is 5.57. The molecule has 0 amide bonds. The van der Waals surface area contributed by atoms with E-state index in [-0.39, 0.29) is 17.1 Å². The molecule has 0 heterocycles. The molecule has 0 atom stereocenters. The molecule has 25 heavy (non-hydrogen) atoms. The average Bonchev–Trinajstić information content (AvgIpc) is 2.42. The zero-order valence-electron chi connectivity index (χ0n) is 11.4. The zero-order valence-corrected chi connectivity index (χ0v) is 12.4. The summed E-state index contributed by atoms with van der Waals surface area (Å²) >= 11 is 0. The summed E-state index contributed by atoms with van der Waals surface area (Å²) in [5.41, 5.74) is -9.95. The van der Waals surface area contributed by atoms with Gasteiger partial charge in [0.25, 0.3) is 0 Å². The fraction of sp³-hybridized carbons (Fsp3) is 0. The number of benzene rings is 1. The molecule has 0 spiro atoms. The summed E-state index contributed by atoms with van der Waals surface area (Å²) in [5, 5.41) is 54.2. The van der Waals surface area contributed by atoms with E-state index in [9.17, 15) is 28.8 Å². The van der Waals surface area contributed by atoms with Crippen LogP contribution in [-0.2, 0) is 17.1 Å². The van der Waals surface area contributed by atoms with Crippen LogP contribution < -0.4 is 0 Å². The maximum atomic E-state index is 11.2. The van der Waals surface area contributed by atoms with Crippen LogP contribution in [0, 0.1) is 0 Å². The fourth-order valence-electron chi connectivity index (χ4n) is 2.03. The molecule has 0 aliphatic rings. The standard InChI is InChI=1S/C12H6O12.Cu/c13-7(14)1-2(8(15)16)4(10(19)20)6(12(23)24)5(11(21)22)3(1)9(17)18;/h(H,13,14)(H,15,16)(H,17,18)(H,19,20)(H,21,22)(H,23,24);. The minimum Gasteiger partial charge on any atom is -0.478 e. The van der Waals surface area contributed by atoms with Crippen molar-refractivity contribution in [3.05, 3.63) is 33.4 Å². The van der Waals surface area contributed by atoms with E-state index in [1.807, 2.05) is 0 Å². The van der Waals surface area contributed by atoms with Crippen molar-refractivity contribution in [1.29, 1.82) is 0 Å². The number of hydrogen-bond donors (Lipinski definition) is 6. The van der Waals surface area contributed by atoms with Gasteiger partial charge < -0.3 is 30.6 Å². The van der Waals surface area contributed by atoms with Crippen LogP contribution >= 0.6 is 0 Å². The van der Waals surface area contributed by atoms with E-state index >= 15 is 0 Å². The first kappa shape index (κ1) is 21.6. The third-order valence-electron chi connectivity index (χ3n) is 2.78. The van der Waals surface area contributed by atoms with Crippen molar-refractivity contribution in [2.75, 3.05) is 0 Å². The summed E-state index contributed by atoms with van der Waals surface area (Å²) in [6.07, 6.45) is 0. The minimum absolute atomic E-state index is 0. The largest absolute Gasteiger partial charge is 0.478 e. The van der Waals surface area contributed by atoms with Crippen LogP contribution in [0.3, 0.4) is 0 Å². The average molecular weight is 406 g/mol. The Morgan fingerprint density at radius 1 is 0.360 bits per heavy atom. The maximum absolute atomic E-state index is 11.2. The molecule has 1 radical (unpaired) electrons. The number of carboxylic acids is 6. The number of rotatable bonds is 6. The van der Waals surface area contributed by atoms with Gasteiger partial charge in [-0.2, -0.15) is 0 Å². The quantitative estimate of drug-likeness (QED) is 0.340. The van der Waals surface area contributed by atoms with E-state index in [1.165, 1.54) is 0 Å². The van der Waals surface area contributed by atoms with E-state index in [0.717, 1.165) is 0 Å². The second-order valence-electron chi connectivity index (χ2n) is 4.08. The van der Waals surface area contributed by atoms with Gasteiger partial charge in [0, 0.05) is 17.1 Å². The van der Waals surface area contributed by atoms with Crippen LogP contribution in [0.2, 0.25) is 0 Å². The Morgan fingerprint density at radius 3 is 0.480 bits per heavy atom. The third kappa shape index (κ3) is 3.57. The molecule has 0 aliphatic carbocycles. The van der Waals surface area contributed by atoms with E-state index in [1.54, 1.807) is 0 Å². The van der Waals surface area contributed by atoms with Gasteiger partial charge in [0.2, 0.25) is 0 Å². The van der Waals surface area contributed by atoms with Crippen molar-refractivity contribution in [1.82, 2.24) is 0 Å². The van der Waals surface area contributed by atoms with E-state index in [2.05, 4.69) is 0 Å². The SMILES string of the molecule is O=C(O)c1c(C(=O)O)c(C(=O)O)c(C(=O)O)c(C(=O)O)c1C(=O)O.[Cu]. The molecule has 1 aromatic carbocycles. The van der Waals surface area contributed by atoms with Crippen LogP contribution in [0.15, 0.2) is 0 Å². The molecule has 0 fully saturated rings. The molecule has 12 nitrogen and oxygen atoms in total. The third-order valence-corrected chi connectivity index (χ3v) is 2.78. The number of carboxylic acid groups (broad SMARTS) is 6. The Bertz CT molecular complexity index is 639. The molecule has 137 valence electrons. The molecule has 0 bridgehead atoms. The van der Waals surface area contributed by atoms with Gasteiger partial charge in [0.15, 0.2) is 0 Å². The van der Waals surface area contributed by atoms with Gasteiger partial charge in [-0.25, -0.2) is 28.8 Å². The second-order valence-corrected chi connectivity index (χ2v) is 4.08. The van der Waals surface area contributed by atoms with Crippen molar-refractivity contribution in [2.24, 2.45) is 0 Å². The summed E-state index contributed by atoms with van der Waals surface area (Å²) in [4.78, 5) is 67.3. The minimum atomic E-state index is -2.26. The molecular weight excluding hydrogens is 400 g/mol. The summed E-state index contributed by atoms with van der Waals surface area (Å²) in [7, 11) is 0. The van der Waals surface area contributed by atoms with Crippen molar-refractivity contribution in [2.45, 2.75) is 0 Å². The Kier molecular flexibility index (Phi) is 6.40. The summed E-state index contributed by atoms with van der Waals surface area (Å²) in [6, 6.07) is 0. The van der Waals surface area contributed by atoms with Gasteiger partial charge in [-0.15, -0.1) is 0 Å². The van der Waals surface area contributed by atoms with E-state index < -0.39 is 69.2 Å². The van der Waals surface area contributed by atoms with E-state index in [4.69, 9.17) is 30.6 Å². The number of hydrogen-bond acceptors (Lipinski definition) is 6. The Balaban J connectivity index is 0.00000576. The molecule has 0 aliphatic heterocycles. The number of aromatic carboxylic acids is 6. The predicted octanol–water partition coefficient (Wildman–Crippen LogP) is -0.127. The molecule has 1 rings (SSSR count). The normalized spacial score (nSPS) is 9.60. The topological polar surface area (TPSA) is 224 Å². The summed E-state index contributed by atoms with van der Waals surface area (Å²) in [5.74, 6) is -13.5. The predicted molar refractivity (Wildman–Crippen MR) is 68.2 cm³/mol. The Morgan fingerprint density at radius 2 is 0.440 bits per heavy atom. The van der Waals surface area contributed by atoms with Gasteiger partial charge in [0.1, 0.15) is 0 Å². The first-order chi connectivity index (χ1) is 10.9. The summed E-state index contributed by atoms with van der Waals surface area (Å²) < 4.78 is 0. The van der Waals surface area contributed by atoms with Gasteiger partial charge >= 0.3 is 35.8 Å². The molecule has 0 unspecified atom stereocenters. The zero-order chi connectivity index (χ0) is 18.9. The first-order valence-electron chi connectivity index (χ1n) is 5.57. The van der Waals surface area contributed by atoms with E-state index in [0.29, 0.717) is 0 Å². The van der Waals surface area contributed by atoms with Crippen LogP contribution in [-0.4, -0.2) is 66.5 Å². The molecule has 0 saturated heterocycles. The van der Waals surface area contributed by atoms with Crippen LogP contribution in [0.5, 0.6) is 0 Å². The smallest absolute Gasteiger partial charge is 0.337 e. The molecular formula is C12H6CuO12. The Hall–Kier alpha value is -3.44. The van der Waals surface area contributed by atoms with Gasteiger partial charge in [0.05, 0.1) is 33.4 Å². The second kappa shape index (κ2) is 7.42. The molecule has 6 N–H and O–H groups in total. The maximum Gasteiger partial charge on any atom is 0.337 e. The van der Waals surface area contributed by atoms with Crippen LogP contribution in [0.4, 0.5) is 0 Å².